The van der Waals surface area contributed by atoms with Gasteiger partial charge >= 0.3 is 0 Å². The Morgan fingerprint density at radius 2 is 1.93 bits per heavy atom. The summed E-state index contributed by atoms with van der Waals surface area (Å²) in [5, 5.41) is 10.4. The summed E-state index contributed by atoms with van der Waals surface area (Å²) in [6.45, 7) is 4.11. The number of rotatable bonds is 7. The van der Waals surface area contributed by atoms with Crippen molar-refractivity contribution in [1.29, 1.82) is 0 Å². The Balaban J connectivity index is 1.68. The van der Waals surface area contributed by atoms with E-state index >= 15 is 0 Å². The number of anilines is 1. The molecular weight excluding hydrogens is 400 g/mol. The molecule has 0 aliphatic heterocycles. The number of nitrogens with one attached hydrogen (secondary N) is 1. The summed E-state index contributed by atoms with van der Waals surface area (Å²) in [6.07, 6.45) is 0. The lowest BCUT2D eigenvalue weighted by atomic mass is 10.2. The molecule has 0 fully saturated rings. The van der Waals surface area contributed by atoms with Crippen molar-refractivity contribution < 1.29 is 18.3 Å². The highest BCUT2D eigenvalue weighted by atomic mass is 32.2. The zero-order valence-corrected chi connectivity index (χ0v) is 16.5. The molecule has 2 aromatic carbocycles. The molecule has 1 amide bonds. The molecule has 1 atom stereocenters. The molecule has 0 radical (unpaired) electrons. The van der Waals surface area contributed by atoms with E-state index in [1.54, 1.807) is 19.1 Å². The Labute approximate surface area is 170 Å². The molecule has 0 aliphatic carbocycles. The summed E-state index contributed by atoms with van der Waals surface area (Å²) in [6, 6.07) is 10.4. The molecular formula is C19H19F2N5O2S. The Morgan fingerprint density at radius 1 is 1.21 bits per heavy atom. The molecule has 7 nitrogen and oxygen atoms in total. The maximum Gasteiger partial charge on any atom is 0.237 e. The van der Waals surface area contributed by atoms with Gasteiger partial charge in [-0.15, -0.1) is 10.2 Å². The lowest BCUT2D eigenvalue weighted by molar-refractivity contribution is -0.115. The molecule has 0 aliphatic rings. The van der Waals surface area contributed by atoms with Crippen molar-refractivity contribution in [1.82, 2.24) is 14.9 Å². The molecule has 1 unspecified atom stereocenters. The molecule has 1 aromatic heterocycles. The van der Waals surface area contributed by atoms with Crippen LogP contribution in [0.4, 0.5) is 14.5 Å². The zero-order chi connectivity index (χ0) is 21.0. The lowest BCUT2D eigenvalue weighted by Crippen LogP contribution is -2.23. The van der Waals surface area contributed by atoms with Crippen LogP contribution >= 0.6 is 11.8 Å². The van der Waals surface area contributed by atoms with E-state index in [1.165, 1.54) is 10.7 Å². The van der Waals surface area contributed by atoms with Crippen LogP contribution in [0.5, 0.6) is 5.75 Å². The Hall–Kier alpha value is -3.14. The first-order valence-corrected chi connectivity index (χ1v) is 9.63. The van der Waals surface area contributed by atoms with Gasteiger partial charge in [-0.3, -0.25) is 4.79 Å². The second-order valence-electron chi connectivity index (χ2n) is 6.01. The summed E-state index contributed by atoms with van der Waals surface area (Å²) in [4.78, 5) is 12.3. The number of carbonyl (C=O) groups is 1. The molecule has 0 saturated carbocycles. The van der Waals surface area contributed by atoms with Gasteiger partial charge in [0.25, 0.3) is 0 Å². The largest absolute Gasteiger partial charge is 0.494 e. The standard InChI is InChI=1S/C19H19F2N5O2S/c1-3-28-14-7-4-12(5-8-14)17-24-25-19(26(17)22)29-11(2)18(27)23-13-6-9-15(20)16(21)10-13/h4-11H,3,22H2,1-2H3,(H,23,27). The normalized spacial score (nSPS) is 11.9. The first kappa shape index (κ1) is 20.6. The van der Waals surface area contributed by atoms with Crippen molar-refractivity contribution in [3.05, 3.63) is 54.1 Å². The highest BCUT2D eigenvalue weighted by molar-refractivity contribution is 8.00. The summed E-state index contributed by atoms with van der Waals surface area (Å²) < 4.78 is 33.0. The fourth-order valence-corrected chi connectivity index (χ4v) is 3.22. The smallest absolute Gasteiger partial charge is 0.237 e. The van der Waals surface area contributed by atoms with E-state index in [2.05, 4.69) is 15.5 Å². The van der Waals surface area contributed by atoms with Gasteiger partial charge in [0, 0.05) is 17.3 Å². The van der Waals surface area contributed by atoms with Crippen LogP contribution in [0.15, 0.2) is 47.6 Å². The summed E-state index contributed by atoms with van der Waals surface area (Å²) >= 11 is 1.09. The van der Waals surface area contributed by atoms with Crippen molar-refractivity contribution in [2.75, 3.05) is 17.8 Å². The second-order valence-corrected chi connectivity index (χ2v) is 7.32. The van der Waals surface area contributed by atoms with Gasteiger partial charge in [0.15, 0.2) is 17.5 Å². The fraction of sp³-hybridized carbons (Fsp3) is 0.211. The molecule has 0 spiro atoms. The lowest BCUT2D eigenvalue weighted by Gasteiger charge is -2.12. The minimum absolute atomic E-state index is 0.158. The van der Waals surface area contributed by atoms with E-state index in [4.69, 9.17) is 10.6 Å². The van der Waals surface area contributed by atoms with Crippen molar-refractivity contribution in [2.24, 2.45) is 0 Å². The summed E-state index contributed by atoms with van der Waals surface area (Å²) in [5.74, 6) is 4.82. The third kappa shape index (κ3) is 4.83. The van der Waals surface area contributed by atoms with Crippen LogP contribution in [-0.4, -0.2) is 32.6 Å². The predicted octanol–water partition coefficient (Wildman–Crippen LogP) is 3.46. The van der Waals surface area contributed by atoms with E-state index < -0.39 is 22.8 Å². The molecule has 0 bridgehead atoms. The van der Waals surface area contributed by atoms with Gasteiger partial charge < -0.3 is 15.9 Å². The SMILES string of the molecule is CCOc1ccc(-c2nnc(SC(C)C(=O)Nc3ccc(F)c(F)c3)n2N)cc1. The first-order valence-electron chi connectivity index (χ1n) is 8.75. The van der Waals surface area contributed by atoms with Crippen LogP contribution in [0.2, 0.25) is 0 Å². The van der Waals surface area contributed by atoms with E-state index in [0.717, 1.165) is 35.2 Å². The molecule has 1 heterocycles. The third-order valence-electron chi connectivity index (χ3n) is 3.93. The molecule has 0 saturated heterocycles. The van der Waals surface area contributed by atoms with Gasteiger partial charge in [-0.05, 0) is 50.2 Å². The van der Waals surface area contributed by atoms with Gasteiger partial charge in [-0.25, -0.2) is 13.5 Å². The van der Waals surface area contributed by atoms with Crippen molar-refractivity contribution in [3.63, 3.8) is 0 Å². The predicted molar refractivity (Wildman–Crippen MR) is 107 cm³/mol. The monoisotopic (exact) mass is 419 g/mol. The summed E-state index contributed by atoms with van der Waals surface area (Å²) in [7, 11) is 0. The fourth-order valence-electron chi connectivity index (χ4n) is 2.45. The van der Waals surface area contributed by atoms with E-state index in [9.17, 15) is 13.6 Å². The number of benzene rings is 2. The van der Waals surface area contributed by atoms with Gasteiger partial charge in [-0.1, -0.05) is 11.8 Å². The Kier molecular flexibility index (Phi) is 6.32. The number of nitrogens with zero attached hydrogens (tertiary/aromatic N) is 3. The Bertz CT molecular complexity index is 1010. The number of halogens is 2. The van der Waals surface area contributed by atoms with Crippen LogP contribution in [0.1, 0.15) is 13.8 Å². The van der Waals surface area contributed by atoms with E-state index in [-0.39, 0.29) is 5.69 Å². The number of thioether (sulfide) groups is 1. The van der Waals surface area contributed by atoms with E-state index in [0.29, 0.717) is 17.6 Å². The number of nitrogens with two attached hydrogens (primary N) is 1. The summed E-state index contributed by atoms with van der Waals surface area (Å²) in [5.41, 5.74) is 0.903. The number of ether oxygens (including phenoxy) is 1. The van der Waals surface area contributed by atoms with Crippen molar-refractivity contribution in [3.8, 4) is 17.1 Å². The number of amides is 1. The van der Waals surface area contributed by atoms with Crippen molar-refractivity contribution >= 4 is 23.4 Å². The third-order valence-corrected chi connectivity index (χ3v) is 4.98. The first-order chi connectivity index (χ1) is 13.9. The molecule has 10 heteroatoms. The maximum atomic E-state index is 13.3. The molecule has 3 rings (SSSR count). The van der Waals surface area contributed by atoms with Gasteiger partial charge in [-0.2, -0.15) is 0 Å². The van der Waals surface area contributed by atoms with Crippen molar-refractivity contribution in [2.45, 2.75) is 24.3 Å². The second kappa shape index (κ2) is 8.91. The van der Waals surface area contributed by atoms with Crippen LogP contribution in [0.25, 0.3) is 11.4 Å². The minimum atomic E-state index is -1.04. The molecule has 3 N–H and O–H groups in total. The number of hydrogen-bond acceptors (Lipinski definition) is 6. The number of nitrogen functional groups attached to an aromatic ring is 1. The number of carbonyl (C=O) groups excluding carboxylic acids is 1. The average molecular weight is 419 g/mol. The topological polar surface area (TPSA) is 95.1 Å². The number of aromatic nitrogens is 3. The molecule has 29 heavy (non-hydrogen) atoms. The maximum absolute atomic E-state index is 13.3. The molecule has 152 valence electrons. The van der Waals surface area contributed by atoms with Gasteiger partial charge in [0.05, 0.1) is 11.9 Å². The van der Waals surface area contributed by atoms with Crippen LogP contribution < -0.4 is 15.9 Å². The van der Waals surface area contributed by atoms with Gasteiger partial charge in [0.1, 0.15) is 5.75 Å². The highest BCUT2D eigenvalue weighted by Crippen LogP contribution is 2.26. The van der Waals surface area contributed by atoms with Crippen LogP contribution in [-0.2, 0) is 4.79 Å². The molecule has 3 aromatic rings. The van der Waals surface area contributed by atoms with Crippen LogP contribution in [0, 0.1) is 11.6 Å². The van der Waals surface area contributed by atoms with Gasteiger partial charge in [0.2, 0.25) is 11.1 Å². The van der Waals surface area contributed by atoms with Crippen LogP contribution in [0.3, 0.4) is 0 Å². The quantitative estimate of drug-likeness (QED) is 0.450. The Morgan fingerprint density at radius 3 is 2.59 bits per heavy atom. The minimum Gasteiger partial charge on any atom is -0.494 e. The van der Waals surface area contributed by atoms with E-state index in [1.807, 2.05) is 19.1 Å². The average Bonchev–Trinajstić information content (AvgIpc) is 3.06. The zero-order valence-electron chi connectivity index (χ0n) is 15.7. The number of hydrogen-bond donors (Lipinski definition) is 2. The highest BCUT2D eigenvalue weighted by Gasteiger charge is 2.20.